The Bertz CT molecular complexity index is 594. The van der Waals surface area contributed by atoms with Crippen molar-refractivity contribution >= 4 is 21.7 Å². The van der Waals surface area contributed by atoms with Crippen molar-refractivity contribution in [1.29, 1.82) is 5.26 Å². The van der Waals surface area contributed by atoms with Gasteiger partial charge >= 0.3 is 0 Å². The number of rotatable bonds is 3. The molecule has 0 spiro atoms. The van der Waals surface area contributed by atoms with Gasteiger partial charge in [0, 0.05) is 15.6 Å². The number of halogens is 1. The Hall–Kier alpha value is -1.92. The summed E-state index contributed by atoms with van der Waals surface area (Å²) in [6.45, 7) is 0. The molecule has 0 unspecified atom stereocenters. The zero-order valence-corrected chi connectivity index (χ0v) is 11.1. The van der Waals surface area contributed by atoms with Crippen molar-refractivity contribution in [3.63, 3.8) is 0 Å². The molecule has 3 heteroatoms. The molecule has 0 radical (unpaired) electrons. The highest BCUT2D eigenvalue weighted by Gasteiger charge is 2.08. The van der Waals surface area contributed by atoms with Crippen molar-refractivity contribution in [1.82, 2.24) is 0 Å². The van der Waals surface area contributed by atoms with Crippen LogP contribution in [0.3, 0.4) is 0 Å². The predicted molar refractivity (Wildman–Crippen MR) is 73.3 cm³/mol. The normalized spacial score (nSPS) is 9.78. The quantitative estimate of drug-likeness (QED) is 0.810. The maximum Gasteiger partial charge on any atom is 0.193 e. The lowest BCUT2D eigenvalue weighted by atomic mass is 10.0. The van der Waals surface area contributed by atoms with Crippen molar-refractivity contribution in [2.45, 2.75) is 6.42 Å². The van der Waals surface area contributed by atoms with Crippen molar-refractivity contribution < 1.29 is 4.79 Å². The van der Waals surface area contributed by atoms with Crippen LogP contribution in [0.2, 0.25) is 0 Å². The average molecular weight is 300 g/mol. The number of carbonyl (C=O) groups is 1. The number of benzene rings is 2. The lowest BCUT2D eigenvalue weighted by Crippen LogP contribution is -2.01. The Morgan fingerprint density at radius 1 is 1.00 bits per heavy atom. The summed E-state index contributed by atoms with van der Waals surface area (Å²) in [5, 5.41) is 8.58. The van der Waals surface area contributed by atoms with E-state index in [1.54, 1.807) is 24.3 Å². The summed E-state index contributed by atoms with van der Waals surface area (Å²) >= 11 is 3.34. The Labute approximate surface area is 114 Å². The molecule has 2 aromatic carbocycles. The highest BCUT2D eigenvalue weighted by molar-refractivity contribution is 9.10. The molecule has 0 saturated heterocycles. The van der Waals surface area contributed by atoms with E-state index in [2.05, 4.69) is 22.0 Å². The topological polar surface area (TPSA) is 40.9 Å². The number of hydrogen-bond donors (Lipinski definition) is 0. The first kappa shape index (κ1) is 12.5. The van der Waals surface area contributed by atoms with Crippen LogP contribution in [0.4, 0.5) is 0 Å². The summed E-state index contributed by atoms with van der Waals surface area (Å²) in [4.78, 5) is 12.1. The van der Waals surface area contributed by atoms with Gasteiger partial charge in [0.25, 0.3) is 0 Å². The highest BCUT2D eigenvalue weighted by atomic mass is 79.9. The van der Waals surface area contributed by atoms with Crippen molar-refractivity contribution in [2.24, 2.45) is 0 Å². The summed E-state index contributed by atoms with van der Waals surface area (Å²) in [5.74, 6) is -0.00833. The van der Waals surface area contributed by atoms with Crippen molar-refractivity contribution in [2.75, 3.05) is 0 Å². The van der Waals surface area contributed by atoms with Gasteiger partial charge in [0.05, 0.1) is 12.5 Å². The molecule has 0 aromatic heterocycles. The van der Waals surface area contributed by atoms with Crippen molar-refractivity contribution in [3.05, 3.63) is 69.7 Å². The molecule has 2 nitrogen and oxygen atoms in total. The number of nitrogens with zero attached hydrogens (tertiary/aromatic N) is 1. The summed E-state index contributed by atoms with van der Waals surface area (Å²) in [5.41, 5.74) is 2.22. The molecule has 0 aliphatic heterocycles. The molecule has 0 saturated carbocycles. The van der Waals surface area contributed by atoms with E-state index in [4.69, 9.17) is 5.26 Å². The standard InChI is InChI=1S/C15H10BrNO/c16-14-7-5-13(6-8-14)15(18)12-3-1-11(2-4-12)9-10-17/h1-8H,9H2. The van der Waals surface area contributed by atoms with Gasteiger partial charge in [-0.05, 0) is 29.8 Å². The second-order valence-electron chi connectivity index (χ2n) is 3.87. The van der Waals surface area contributed by atoms with E-state index in [-0.39, 0.29) is 5.78 Å². The van der Waals surface area contributed by atoms with Gasteiger partial charge in [-0.2, -0.15) is 5.26 Å². The molecule has 0 aliphatic rings. The van der Waals surface area contributed by atoms with Gasteiger partial charge in [0.2, 0.25) is 0 Å². The van der Waals surface area contributed by atoms with Crippen molar-refractivity contribution in [3.8, 4) is 6.07 Å². The summed E-state index contributed by atoms with van der Waals surface area (Å²) in [7, 11) is 0. The molecule has 2 aromatic rings. The Kier molecular flexibility index (Phi) is 3.91. The van der Waals surface area contributed by atoms with E-state index in [0.29, 0.717) is 17.5 Å². The fourth-order valence-electron chi connectivity index (χ4n) is 1.63. The number of carbonyl (C=O) groups excluding carboxylic acids is 1. The van der Waals surface area contributed by atoms with Crippen LogP contribution in [-0.4, -0.2) is 5.78 Å². The fraction of sp³-hybridized carbons (Fsp3) is 0.0667. The van der Waals surface area contributed by atoms with E-state index in [1.807, 2.05) is 24.3 Å². The second kappa shape index (κ2) is 5.61. The van der Waals surface area contributed by atoms with Gasteiger partial charge < -0.3 is 0 Å². The van der Waals surface area contributed by atoms with E-state index >= 15 is 0 Å². The van der Waals surface area contributed by atoms with Crippen LogP contribution in [0.15, 0.2) is 53.0 Å². The van der Waals surface area contributed by atoms with Crippen LogP contribution >= 0.6 is 15.9 Å². The molecule has 0 fully saturated rings. The maximum atomic E-state index is 12.1. The first-order valence-corrected chi connectivity index (χ1v) is 6.26. The third kappa shape index (κ3) is 2.85. The second-order valence-corrected chi connectivity index (χ2v) is 4.78. The van der Waals surface area contributed by atoms with Gasteiger partial charge in [0.15, 0.2) is 5.78 Å². The van der Waals surface area contributed by atoms with E-state index < -0.39 is 0 Å². The van der Waals surface area contributed by atoms with Gasteiger partial charge in [-0.1, -0.05) is 40.2 Å². The number of hydrogen-bond acceptors (Lipinski definition) is 2. The first-order valence-electron chi connectivity index (χ1n) is 5.47. The van der Waals surface area contributed by atoms with E-state index in [0.717, 1.165) is 10.0 Å². The minimum atomic E-state index is -0.00833. The smallest absolute Gasteiger partial charge is 0.193 e. The zero-order valence-electron chi connectivity index (χ0n) is 9.56. The maximum absolute atomic E-state index is 12.1. The molecule has 0 bridgehead atoms. The van der Waals surface area contributed by atoms with Gasteiger partial charge in [-0.3, -0.25) is 4.79 Å². The SMILES string of the molecule is N#CCc1ccc(C(=O)c2ccc(Br)cc2)cc1. The third-order valence-electron chi connectivity index (χ3n) is 2.61. The van der Waals surface area contributed by atoms with E-state index in [1.165, 1.54) is 0 Å². The van der Waals surface area contributed by atoms with Gasteiger partial charge in [0.1, 0.15) is 0 Å². The van der Waals surface area contributed by atoms with Crippen LogP contribution in [0.5, 0.6) is 0 Å². The summed E-state index contributed by atoms with van der Waals surface area (Å²) < 4.78 is 0.948. The van der Waals surface area contributed by atoms with Gasteiger partial charge in [-0.25, -0.2) is 0 Å². The minimum absolute atomic E-state index is 0.00833. The summed E-state index contributed by atoms with van der Waals surface area (Å²) in [6, 6.07) is 16.5. The Morgan fingerprint density at radius 3 is 2.00 bits per heavy atom. The van der Waals surface area contributed by atoms with E-state index in [9.17, 15) is 4.79 Å². The lowest BCUT2D eigenvalue weighted by molar-refractivity contribution is 0.103. The monoisotopic (exact) mass is 299 g/mol. The molecule has 88 valence electrons. The zero-order chi connectivity index (χ0) is 13.0. The number of ketones is 1. The predicted octanol–water partition coefficient (Wildman–Crippen LogP) is 3.75. The molecule has 0 N–H and O–H groups in total. The van der Waals surface area contributed by atoms with Gasteiger partial charge in [-0.15, -0.1) is 0 Å². The summed E-state index contributed by atoms with van der Waals surface area (Å²) in [6.07, 6.45) is 0.368. The first-order chi connectivity index (χ1) is 8.70. The Balaban J connectivity index is 2.24. The molecule has 0 aliphatic carbocycles. The largest absolute Gasteiger partial charge is 0.289 e. The third-order valence-corrected chi connectivity index (χ3v) is 3.13. The van der Waals surface area contributed by atoms with Crippen LogP contribution in [0.25, 0.3) is 0 Å². The molecule has 2 rings (SSSR count). The minimum Gasteiger partial charge on any atom is -0.289 e. The molecular weight excluding hydrogens is 290 g/mol. The molecular formula is C15H10BrNO. The van der Waals surface area contributed by atoms with Crippen LogP contribution in [0, 0.1) is 11.3 Å². The van der Waals surface area contributed by atoms with Crippen LogP contribution in [0.1, 0.15) is 21.5 Å². The Morgan fingerprint density at radius 2 is 1.50 bits per heavy atom. The van der Waals surface area contributed by atoms with Crippen LogP contribution < -0.4 is 0 Å². The lowest BCUT2D eigenvalue weighted by Gasteiger charge is -2.02. The fourth-order valence-corrected chi connectivity index (χ4v) is 1.90. The molecule has 18 heavy (non-hydrogen) atoms. The number of nitriles is 1. The van der Waals surface area contributed by atoms with Crippen LogP contribution in [-0.2, 0) is 6.42 Å². The molecule has 0 amide bonds. The highest BCUT2D eigenvalue weighted by Crippen LogP contribution is 2.15. The average Bonchev–Trinajstić information content (AvgIpc) is 2.40. The molecule has 0 atom stereocenters. The molecule has 0 heterocycles.